The number of carbonyl (C=O) groups excluding carboxylic acids is 6. The zero-order valence-corrected chi connectivity index (χ0v) is 70.8. The number of rotatable bonds is 23. The van der Waals surface area contributed by atoms with Crippen molar-refractivity contribution in [3.05, 3.63) is 195 Å². The number of alkyl halides is 7. The second-order valence-electron chi connectivity index (χ2n) is 27.7. The number of nitrogens with one attached hydrogen (secondary N) is 3. The molecule has 15 rings (SSSR count). The molecular weight excluding hydrogens is 1760 g/mol. The molecule has 3 N–H and O–H groups in total. The maximum atomic E-state index is 14.5. The van der Waals surface area contributed by atoms with Crippen LogP contribution in [-0.2, 0) is 28.6 Å². The summed E-state index contributed by atoms with van der Waals surface area (Å²) in [6.07, 6.45) is 0.357. The zero-order valence-electron chi connectivity index (χ0n) is 64.5. The summed E-state index contributed by atoms with van der Waals surface area (Å²) in [7, 11) is 0. The monoisotopic (exact) mass is 1840 g/mol. The SMILES string of the molecule is CCOC(=O)C1=C(CBr)NC(c2nccs2)=N[C@H]1c1cccc(F)c1Cl.CCOC(=O)C1=C(CN2CCN3C(=O)N(CC(F)F)C[C@@H]3C2)NC(c2nccs2)=N[C@H]1c1cccc(F)c1Cl.CCOC(=O)C1=C(CN2CCN3C(=O)N(CC(F)F)C[C@H]3C2)NC(c2nccs2)=N[C@H]1c1cccc(F)c1Cl.O=C1N(CC(F)F)CC2CCCCN12.[CH3-]. The predicted octanol–water partition coefficient (Wildman–Crippen LogP) is 13.3. The number of halogens is 13. The number of amidine groups is 3. The number of urea groups is 3. The number of carbonyl (C=O) groups is 6. The third kappa shape index (κ3) is 21.3. The molecule has 0 saturated carbocycles. The second kappa shape index (κ2) is 41.5. The van der Waals surface area contributed by atoms with Crippen LogP contribution >= 0.6 is 84.7 Å². The summed E-state index contributed by atoms with van der Waals surface area (Å²) in [5.41, 5.74) is 3.22. The number of hydrogen-bond donors (Lipinski definition) is 3. The first-order valence-corrected chi connectivity index (χ1v) is 42.4. The van der Waals surface area contributed by atoms with Gasteiger partial charge in [0.2, 0.25) is 0 Å². The van der Waals surface area contributed by atoms with Crippen LogP contribution in [0.4, 0.5) is 53.9 Å². The fraction of sp³-hybridized carbons (Fsp3) is 0.442. The Hall–Kier alpha value is -8.96. The molecule has 6 saturated heterocycles. The normalized spacial score (nSPS) is 21.2. The van der Waals surface area contributed by atoms with Crippen LogP contribution < -0.4 is 16.0 Å². The van der Waals surface area contributed by atoms with Crippen LogP contribution in [0.15, 0.2) is 138 Å². The first-order chi connectivity index (χ1) is 56.8. The Morgan fingerprint density at radius 2 is 0.807 bits per heavy atom. The van der Waals surface area contributed by atoms with E-state index < -0.39 is 92.4 Å². The Morgan fingerprint density at radius 3 is 1.12 bits per heavy atom. The van der Waals surface area contributed by atoms with E-state index in [1.807, 2.05) is 15.2 Å². The minimum absolute atomic E-state index is 0. The highest BCUT2D eigenvalue weighted by Crippen LogP contribution is 2.42. The average molecular weight is 1840 g/mol. The molecule has 6 amide bonds. The molecule has 6 atom stereocenters. The fourth-order valence-electron chi connectivity index (χ4n) is 15.0. The molecule has 6 aromatic rings. The lowest BCUT2D eigenvalue weighted by Crippen LogP contribution is -2.53. The molecule has 42 heteroatoms. The number of benzene rings is 3. The first kappa shape index (κ1) is 90.8. The number of allylic oxidation sites excluding steroid dienone is 1. The maximum absolute atomic E-state index is 14.5. The van der Waals surface area contributed by atoms with E-state index in [2.05, 4.69) is 51.8 Å². The van der Waals surface area contributed by atoms with Crippen molar-refractivity contribution < 1.29 is 82.5 Å². The van der Waals surface area contributed by atoms with Crippen molar-refractivity contribution in [2.75, 3.05) is 123 Å². The molecule has 119 heavy (non-hydrogen) atoms. The van der Waals surface area contributed by atoms with E-state index in [0.29, 0.717) is 117 Å². The van der Waals surface area contributed by atoms with Gasteiger partial charge in [-0.15, -0.1) is 34.0 Å². The van der Waals surface area contributed by atoms with Gasteiger partial charge in [0.05, 0.1) is 89.4 Å². The summed E-state index contributed by atoms with van der Waals surface area (Å²) < 4.78 is 135. The maximum Gasteiger partial charge on any atom is 0.338 e. The van der Waals surface area contributed by atoms with Gasteiger partial charge in [0, 0.05) is 152 Å². The van der Waals surface area contributed by atoms with Crippen molar-refractivity contribution in [1.82, 2.24) is 70.1 Å². The van der Waals surface area contributed by atoms with E-state index in [9.17, 15) is 68.3 Å². The van der Waals surface area contributed by atoms with Gasteiger partial charge in [0.15, 0.2) is 32.5 Å². The highest BCUT2D eigenvalue weighted by Gasteiger charge is 2.46. The number of piperazine rings is 2. The van der Waals surface area contributed by atoms with Gasteiger partial charge in [-0.1, -0.05) is 87.1 Å². The number of nitrogens with zero attached hydrogens (tertiary/aromatic N) is 14. The predicted molar refractivity (Wildman–Crippen MR) is 436 cm³/mol. The molecule has 6 fully saturated rings. The van der Waals surface area contributed by atoms with Crippen LogP contribution in [0, 0.1) is 24.9 Å². The molecule has 640 valence electrons. The van der Waals surface area contributed by atoms with Gasteiger partial charge in [0.25, 0.3) is 19.3 Å². The molecule has 9 aliphatic heterocycles. The smallest absolute Gasteiger partial charge is 0.338 e. The molecule has 0 aliphatic carbocycles. The Labute approximate surface area is 714 Å². The molecule has 26 nitrogen and oxygen atoms in total. The number of amides is 6. The van der Waals surface area contributed by atoms with Crippen molar-refractivity contribution in [2.45, 2.75) is 95.6 Å². The molecule has 9 aliphatic rings. The standard InChI is InChI=1S/2C25H26ClF3N6O3S.C17H14BrClFN3O2S.C9H14F2N2O.CH3/c2*1-2-38-24(36)19-17(12-33-7-8-35-14(10-33)11-34(25(35)37)13-18(28)29)31-22(23-30-6-9-39-23)32-21(19)15-4-3-5-16(27)20(15)26;1-2-25-17(24)12-11(8-18)22-15(16-21-6-7-26-16)23-14(12)9-4-3-5-10(20)13(9)19;10-8(11)6-12-5-7-3-1-2-4-13(7)9(12)14;/h2*3-6,9,14,18,21H,2,7-8,10-13H2,1H3,(H,31,32);3-7,14H,2,8H2,1H3,(H,22,23);7-8H,1-6H2;1H3/q;;;;-1/t14-,21+;14-,21-;14-;;/m100../s1. The van der Waals surface area contributed by atoms with Crippen molar-refractivity contribution in [2.24, 2.45) is 15.0 Å². The van der Waals surface area contributed by atoms with Gasteiger partial charge in [0.1, 0.15) is 35.6 Å². The largest absolute Gasteiger partial charge is 0.463 e. The summed E-state index contributed by atoms with van der Waals surface area (Å²) in [4.78, 5) is 116. The highest BCUT2D eigenvalue weighted by molar-refractivity contribution is 9.09. The number of aromatic nitrogens is 3. The van der Waals surface area contributed by atoms with E-state index in [1.165, 1.54) is 85.1 Å². The minimum Gasteiger partial charge on any atom is -0.463 e. The molecule has 3 aromatic carbocycles. The third-order valence-electron chi connectivity index (χ3n) is 20.2. The lowest BCUT2D eigenvalue weighted by atomic mass is 9.95. The highest BCUT2D eigenvalue weighted by atomic mass is 79.9. The fourth-order valence-corrected chi connectivity index (χ4v) is 17.9. The topological polar surface area (TPSA) is 268 Å². The van der Waals surface area contributed by atoms with Crippen LogP contribution in [0.5, 0.6) is 0 Å². The number of thiazole rings is 3. The van der Waals surface area contributed by atoms with Crippen molar-refractivity contribution in [3.63, 3.8) is 0 Å². The van der Waals surface area contributed by atoms with Crippen LogP contribution in [0.3, 0.4) is 0 Å². The summed E-state index contributed by atoms with van der Waals surface area (Å²) in [6, 6.07) is 9.10. The molecule has 3 aromatic heterocycles. The van der Waals surface area contributed by atoms with Crippen molar-refractivity contribution >= 4 is 138 Å². The third-order valence-corrected chi connectivity index (χ3v) is 24.3. The first-order valence-electron chi connectivity index (χ1n) is 37.6. The Kier molecular flexibility index (Phi) is 31.7. The number of esters is 3. The van der Waals surface area contributed by atoms with E-state index in [-0.39, 0.29) is 121 Å². The molecule has 0 radical (unpaired) electrons. The summed E-state index contributed by atoms with van der Waals surface area (Å²) in [5, 5.41) is 16.8. The van der Waals surface area contributed by atoms with Crippen LogP contribution in [0.2, 0.25) is 15.1 Å². The van der Waals surface area contributed by atoms with Gasteiger partial charge in [-0.05, 0) is 58.2 Å². The molecular formula is C77H83BrCl3F9N17O9S3-. The minimum atomic E-state index is -2.61. The number of fused-ring (bicyclic) bond motifs is 3. The van der Waals surface area contributed by atoms with Gasteiger partial charge in [-0.2, -0.15) is 0 Å². The number of hydrogen-bond acceptors (Lipinski definition) is 23. The second-order valence-corrected chi connectivity index (χ2v) is 32.1. The quantitative estimate of drug-likeness (QED) is 0.0177. The summed E-state index contributed by atoms with van der Waals surface area (Å²) >= 11 is 26.4. The van der Waals surface area contributed by atoms with Crippen LogP contribution in [0.1, 0.15) is 89.9 Å². The number of piperidine rings is 1. The molecule has 0 bridgehead atoms. The van der Waals surface area contributed by atoms with Crippen molar-refractivity contribution in [3.8, 4) is 0 Å². The number of aliphatic imine (C=N–C) groups is 3. The summed E-state index contributed by atoms with van der Waals surface area (Å²) in [6.45, 7) is 8.51. The van der Waals surface area contributed by atoms with E-state index >= 15 is 0 Å². The average Bonchev–Trinajstić information content (AvgIpc) is 0.968. The van der Waals surface area contributed by atoms with Crippen LogP contribution in [0.25, 0.3) is 0 Å². The molecule has 12 heterocycles. The zero-order chi connectivity index (χ0) is 84.2. The van der Waals surface area contributed by atoms with Crippen LogP contribution in [-0.4, -0.2) is 268 Å². The van der Waals surface area contributed by atoms with Crippen molar-refractivity contribution in [1.29, 1.82) is 0 Å². The number of ether oxygens (including phenoxy) is 3. The van der Waals surface area contributed by atoms with Gasteiger partial charge in [-0.25, -0.2) is 83.2 Å². The van der Waals surface area contributed by atoms with Gasteiger partial charge >= 0.3 is 36.0 Å². The molecule has 1 unspecified atom stereocenters. The lowest BCUT2D eigenvalue weighted by molar-refractivity contribution is -0.139. The van der Waals surface area contributed by atoms with E-state index in [1.54, 1.807) is 83.0 Å². The Bertz CT molecular complexity index is 4630. The Morgan fingerprint density at radius 1 is 0.479 bits per heavy atom. The molecule has 0 spiro atoms. The van der Waals surface area contributed by atoms with E-state index in [0.717, 1.165) is 25.8 Å². The summed E-state index contributed by atoms with van der Waals surface area (Å²) in [5.74, 6) is -2.33. The lowest BCUT2D eigenvalue weighted by Gasteiger charge is -2.38. The van der Waals surface area contributed by atoms with Gasteiger partial charge < -0.3 is 67.0 Å². The van der Waals surface area contributed by atoms with E-state index in [4.69, 9.17) is 59.0 Å². The Balaban J connectivity index is 0.000000163. The van der Waals surface area contributed by atoms with Gasteiger partial charge in [-0.3, -0.25) is 24.8 Å².